The fourth-order valence-electron chi connectivity index (χ4n) is 3.69. The standard InChI is InChI=1S/C25H30O3S/c1-24(2,3)18-12-15(13-19(23(18)28)25(4,5)6)22(21-8-7-11-29-21)17-14-16(26)9-10-20(17)27/h7-14,22,26-28H,1-6H3. The normalized spacial score (nSPS) is 13.4. The van der Waals surface area contributed by atoms with Crippen LogP contribution in [0.15, 0.2) is 47.8 Å². The molecule has 1 heterocycles. The number of hydrogen-bond acceptors (Lipinski definition) is 4. The fraction of sp³-hybridized carbons (Fsp3) is 0.360. The van der Waals surface area contributed by atoms with Crippen molar-refractivity contribution in [2.45, 2.75) is 58.3 Å². The van der Waals surface area contributed by atoms with Crippen molar-refractivity contribution in [1.82, 2.24) is 0 Å². The topological polar surface area (TPSA) is 60.7 Å². The van der Waals surface area contributed by atoms with Gasteiger partial charge in [0, 0.05) is 16.4 Å². The van der Waals surface area contributed by atoms with Crippen molar-refractivity contribution in [2.24, 2.45) is 0 Å². The van der Waals surface area contributed by atoms with Crippen LogP contribution in [-0.2, 0) is 10.8 Å². The molecule has 0 aliphatic rings. The van der Waals surface area contributed by atoms with Crippen LogP contribution in [0.5, 0.6) is 17.2 Å². The van der Waals surface area contributed by atoms with Gasteiger partial charge in [-0.05, 0) is 57.2 Å². The van der Waals surface area contributed by atoms with Gasteiger partial charge in [-0.25, -0.2) is 0 Å². The first-order valence-electron chi connectivity index (χ1n) is 9.82. The molecule has 0 amide bonds. The van der Waals surface area contributed by atoms with Gasteiger partial charge in [0.1, 0.15) is 17.2 Å². The van der Waals surface area contributed by atoms with Crippen LogP contribution >= 0.6 is 11.3 Å². The average molecular weight is 411 g/mol. The Labute approximate surface area is 177 Å². The van der Waals surface area contributed by atoms with E-state index in [4.69, 9.17) is 0 Å². The van der Waals surface area contributed by atoms with Gasteiger partial charge in [0.2, 0.25) is 0 Å². The highest BCUT2D eigenvalue weighted by Crippen LogP contribution is 2.46. The van der Waals surface area contributed by atoms with Crippen molar-refractivity contribution in [3.8, 4) is 17.2 Å². The Morgan fingerprint density at radius 3 is 1.86 bits per heavy atom. The molecule has 3 N–H and O–H groups in total. The summed E-state index contributed by atoms with van der Waals surface area (Å²) < 4.78 is 0. The summed E-state index contributed by atoms with van der Waals surface area (Å²) in [7, 11) is 0. The second kappa shape index (κ2) is 7.42. The van der Waals surface area contributed by atoms with Crippen molar-refractivity contribution in [1.29, 1.82) is 0 Å². The first kappa shape index (κ1) is 21.3. The van der Waals surface area contributed by atoms with Crippen molar-refractivity contribution in [2.75, 3.05) is 0 Å². The summed E-state index contributed by atoms with van der Waals surface area (Å²) in [4.78, 5) is 1.07. The molecule has 3 aromatic rings. The molecule has 0 spiro atoms. The summed E-state index contributed by atoms with van der Waals surface area (Å²) in [6, 6.07) is 12.8. The van der Waals surface area contributed by atoms with E-state index in [1.807, 2.05) is 29.6 Å². The lowest BCUT2D eigenvalue weighted by molar-refractivity contribution is 0.422. The van der Waals surface area contributed by atoms with Crippen molar-refractivity contribution in [3.05, 3.63) is 75.0 Å². The summed E-state index contributed by atoms with van der Waals surface area (Å²) in [5, 5.41) is 33.8. The zero-order valence-corrected chi connectivity index (χ0v) is 18.8. The third-order valence-corrected chi connectivity index (χ3v) is 6.17. The van der Waals surface area contributed by atoms with Crippen LogP contribution in [0.3, 0.4) is 0 Å². The lowest BCUT2D eigenvalue weighted by Gasteiger charge is -2.30. The Kier molecular flexibility index (Phi) is 5.44. The summed E-state index contributed by atoms with van der Waals surface area (Å²) in [6.45, 7) is 12.5. The van der Waals surface area contributed by atoms with Crippen molar-refractivity contribution < 1.29 is 15.3 Å². The number of phenolic OH excluding ortho intramolecular Hbond substituents is 3. The Bertz CT molecular complexity index is 971. The second-order valence-electron chi connectivity index (χ2n) is 9.66. The number of phenols is 3. The molecule has 154 valence electrons. The molecule has 0 saturated carbocycles. The molecule has 0 aliphatic heterocycles. The van der Waals surface area contributed by atoms with Crippen molar-refractivity contribution in [3.63, 3.8) is 0 Å². The van der Waals surface area contributed by atoms with Gasteiger partial charge in [0.05, 0.1) is 0 Å². The highest BCUT2D eigenvalue weighted by Gasteiger charge is 2.30. The molecule has 4 heteroatoms. The molecular formula is C25H30O3S. The first-order valence-corrected chi connectivity index (χ1v) is 10.7. The van der Waals surface area contributed by atoms with E-state index in [1.54, 1.807) is 17.4 Å². The molecule has 1 aromatic heterocycles. The highest BCUT2D eigenvalue weighted by molar-refractivity contribution is 7.10. The van der Waals surface area contributed by atoms with E-state index in [0.717, 1.165) is 21.6 Å². The third kappa shape index (κ3) is 4.27. The van der Waals surface area contributed by atoms with Crippen molar-refractivity contribution >= 4 is 11.3 Å². The third-order valence-electron chi connectivity index (χ3n) is 5.23. The first-order chi connectivity index (χ1) is 13.4. The Balaban J connectivity index is 2.36. The summed E-state index contributed by atoms with van der Waals surface area (Å²) in [6.07, 6.45) is 0. The second-order valence-corrected chi connectivity index (χ2v) is 10.6. The fourth-order valence-corrected chi connectivity index (χ4v) is 4.56. The zero-order chi connectivity index (χ0) is 21.6. The molecule has 0 aliphatic carbocycles. The van der Waals surface area contributed by atoms with E-state index in [0.29, 0.717) is 11.3 Å². The average Bonchev–Trinajstić information content (AvgIpc) is 3.11. The predicted molar refractivity (Wildman–Crippen MR) is 121 cm³/mol. The van der Waals surface area contributed by atoms with Gasteiger partial charge in [-0.1, -0.05) is 59.7 Å². The van der Waals surface area contributed by atoms with Crippen LogP contribution in [-0.4, -0.2) is 15.3 Å². The minimum Gasteiger partial charge on any atom is -0.508 e. The molecule has 2 aromatic carbocycles. The van der Waals surface area contributed by atoms with Crippen LogP contribution in [0.4, 0.5) is 0 Å². The zero-order valence-electron chi connectivity index (χ0n) is 17.9. The van der Waals surface area contributed by atoms with Crippen LogP contribution < -0.4 is 0 Å². The van der Waals surface area contributed by atoms with Gasteiger partial charge in [0.15, 0.2) is 0 Å². The maximum atomic E-state index is 11.1. The van der Waals surface area contributed by atoms with E-state index in [-0.39, 0.29) is 28.2 Å². The van der Waals surface area contributed by atoms with E-state index in [1.165, 1.54) is 12.1 Å². The van der Waals surface area contributed by atoms with Crippen LogP contribution in [0.25, 0.3) is 0 Å². The highest BCUT2D eigenvalue weighted by atomic mass is 32.1. The lowest BCUT2D eigenvalue weighted by atomic mass is 9.76. The summed E-state index contributed by atoms with van der Waals surface area (Å²) >= 11 is 1.61. The van der Waals surface area contributed by atoms with Crippen LogP contribution in [0.2, 0.25) is 0 Å². The molecule has 0 fully saturated rings. The monoisotopic (exact) mass is 410 g/mol. The largest absolute Gasteiger partial charge is 0.508 e. The van der Waals surface area contributed by atoms with Gasteiger partial charge in [-0.3, -0.25) is 0 Å². The number of hydrogen-bond donors (Lipinski definition) is 3. The predicted octanol–water partition coefficient (Wildman–Crippen LogP) is 6.64. The smallest absolute Gasteiger partial charge is 0.123 e. The van der Waals surface area contributed by atoms with E-state index in [9.17, 15) is 15.3 Å². The Morgan fingerprint density at radius 1 is 0.793 bits per heavy atom. The molecule has 0 radical (unpaired) electrons. The molecule has 3 rings (SSSR count). The quantitative estimate of drug-likeness (QED) is 0.424. The van der Waals surface area contributed by atoms with Gasteiger partial charge in [-0.2, -0.15) is 0 Å². The molecule has 1 atom stereocenters. The van der Waals surface area contributed by atoms with E-state index in [2.05, 4.69) is 41.5 Å². The van der Waals surface area contributed by atoms with Gasteiger partial charge in [0.25, 0.3) is 0 Å². The van der Waals surface area contributed by atoms with E-state index >= 15 is 0 Å². The minimum atomic E-state index is -0.249. The van der Waals surface area contributed by atoms with Gasteiger partial charge < -0.3 is 15.3 Å². The molecule has 3 nitrogen and oxygen atoms in total. The summed E-state index contributed by atoms with van der Waals surface area (Å²) in [5.41, 5.74) is 2.89. The van der Waals surface area contributed by atoms with Crippen LogP contribution in [0, 0.1) is 0 Å². The number of rotatable bonds is 3. The van der Waals surface area contributed by atoms with Crippen LogP contribution in [0.1, 0.15) is 74.6 Å². The minimum absolute atomic E-state index is 0.116. The Hall–Kier alpha value is -2.46. The molecule has 0 saturated heterocycles. The van der Waals surface area contributed by atoms with Gasteiger partial charge >= 0.3 is 0 Å². The lowest BCUT2D eigenvalue weighted by Crippen LogP contribution is -2.19. The van der Waals surface area contributed by atoms with Gasteiger partial charge in [-0.15, -0.1) is 11.3 Å². The van der Waals surface area contributed by atoms with E-state index < -0.39 is 0 Å². The number of benzene rings is 2. The molecule has 29 heavy (non-hydrogen) atoms. The molecule has 1 unspecified atom stereocenters. The molecular weight excluding hydrogens is 380 g/mol. The maximum absolute atomic E-state index is 11.1. The maximum Gasteiger partial charge on any atom is 0.123 e. The molecule has 0 bridgehead atoms. The summed E-state index contributed by atoms with van der Waals surface area (Å²) in [5.74, 6) is 0.345. The number of aromatic hydroxyl groups is 3. The Morgan fingerprint density at radius 2 is 1.38 bits per heavy atom. The number of thiophene rings is 1. The SMILES string of the molecule is CC(C)(C)c1cc(C(c2cccs2)c2cc(O)ccc2O)cc(C(C)(C)C)c1O.